The molecule has 2 atom stereocenters. The lowest BCUT2D eigenvalue weighted by atomic mass is 9.94. The summed E-state index contributed by atoms with van der Waals surface area (Å²) in [5.41, 5.74) is 3.83. The highest BCUT2D eigenvalue weighted by atomic mass is 16.2. The van der Waals surface area contributed by atoms with Crippen LogP contribution < -0.4 is 0 Å². The predicted molar refractivity (Wildman–Crippen MR) is 113 cm³/mol. The van der Waals surface area contributed by atoms with Crippen LogP contribution in [0, 0.1) is 0 Å². The summed E-state index contributed by atoms with van der Waals surface area (Å²) in [6, 6.07) is 9.76. The molecule has 3 aliphatic rings. The van der Waals surface area contributed by atoms with Crippen molar-refractivity contribution in [2.45, 2.75) is 51.2 Å². The van der Waals surface area contributed by atoms with E-state index in [1.807, 2.05) is 16.9 Å². The van der Waals surface area contributed by atoms with Gasteiger partial charge in [0.25, 0.3) is 0 Å². The molecule has 0 bridgehead atoms. The number of amides is 1. The third kappa shape index (κ3) is 3.83. The van der Waals surface area contributed by atoms with Crippen LogP contribution in [-0.2, 0) is 17.8 Å². The average molecular weight is 394 g/mol. The minimum atomic E-state index is 0.305. The largest absolute Gasteiger partial charge is 0.339 e. The van der Waals surface area contributed by atoms with Gasteiger partial charge in [-0.25, -0.2) is 4.68 Å². The zero-order valence-corrected chi connectivity index (χ0v) is 17.3. The zero-order valence-electron chi connectivity index (χ0n) is 17.3. The van der Waals surface area contributed by atoms with Crippen LogP contribution in [0.2, 0.25) is 0 Å². The summed E-state index contributed by atoms with van der Waals surface area (Å²) in [5.74, 6) is 0.305. The van der Waals surface area contributed by atoms with Crippen molar-refractivity contribution in [3.05, 3.63) is 47.8 Å². The highest BCUT2D eigenvalue weighted by molar-refractivity contribution is 5.78. The summed E-state index contributed by atoms with van der Waals surface area (Å²) in [7, 11) is 0. The number of benzene rings is 1. The number of hydrogen-bond donors (Lipinski definition) is 0. The smallest absolute Gasteiger partial charge is 0.236 e. The van der Waals surface area contributed by atoms with Crippen molar-refractivity contribution < 1.29 is 4.79 Å². The fraction of sp³-hybridized carbons (Fsp3) is 0.565. The summed E-state index contributed by atoms with van der Waals surface area (Å²) < 4.78 is 1.90. The molecule has 2 aromatic rings. The number of piperidine rings is 1. The zero-order chi connectivity index (χ0) is 19.8. The predicted octanol–water partition coefficient (Wildman–Crippen LogP) is 2.32. The van der Waals surface area contributed by atoms with Gasteiger partial charge in [0, 0.05) is 57.2 Å². The molecule has 2 fully saturated rings. The number of carbonyl (C=O) groups is 1. The summed E-state index contributed by atoms with van der Waals surface area (Å²) in [5, 5.41) is 4.33. The molecule has 29 heavy (non-hydrogen) atoms. The Morgan fingerprint density at radius 3 is 2.97 bits per heavy atom. The Morgan fingerprint density at radius 1 is 1.17 bits per heavy atom. The molecule has 0 N–H and O–H groups in total. The van der Waals surface area contributed by atoms with Crippen LogP contribution in [0.5, 0.6) is 0 Å². The van der Waals surface area contributed by atoms with Gasteiger partial charge in [-0.2, -0.15) is 5.10 Å². The molecule has 4 heterocycles. The van der Waals surface area contributed by atoms with E-state index < -0.39 is 0 Å². The van der Waals surface area contributed by atoms with Crippen LogP contribution in [0.25, 0.3) is 5.69 Å². The van der Waals surface area contributed by atoms with Crippen LogP contribution in [0.3, 0.4) is 0 Å². The Hall–Kier alpha value is -2.18. The lowest BCUT2D eigenvalue weighted by molar-refractivity contribution is -0.137. The molecule has 1 aromatic heterocycles. The topological polar surface area (TPSA) is 44.6 Å². The Morgan fingerprint density at radius 2 is 2.10 bits per heavy atom. The van der Waals surface area contributed by atoms with E-state index in [1.165, 1.54) is 30.4 Å². The van der Waals surface area contributed by atoms with Gasteiger partial charge in [-0.1, -0.05) is 12.5 Å². The first-order valence-corrected chi connectivity index (χ1v) is 11.0. The molecule has 2 unspecified atom stereocenters. The highest BCUT2D eigenvalue weighted by Gasteiger charge is 2.34. The van der Waals surface area contributed by atoms with Gasteiger partial charge in [0.15, 0.2) is 0 Å². The molecule has 0 aliphatic carbocycles. The second kappa shape index (κ2) is 7.92. The normalized spacial score (nSPS) is 25.5. The van der Waals surface area contributed by atoms with Crippen molar-refractivity contribution >= 4 is 5.91 Å². The van der Waals surface area contributed by atoms with Crippen molar-refractivity contribution in [2.24, 2.45) is 0 Å². The number of fused-ring (bicyclic) bond motifs is 2. The van der Waals surface area contributed by atoms with Crippen molar-refractivity contribution in [1.82, 2.24) is 24.5 Å². The number of hydrogen-bond acceptors (Lipinski definition) is 4. The maximum Gasteiger partial charge on any atom is 0.236 e. The van der Waals surface area contributed by atoms with Crippen molar-refractivity contribution in [1.29, 1.82) is 0 Å². The van der Waals surface area contributed by atoms with Crippen LogP contribution in [0.4, 0.5) is 0 Å². The molecule has 0 radical (unpaired) electrons. The third-order valence-corrected chi connectivity index (χ3v) is 7.02. The van der Waals surface area contributed by atoms with Crippen LogP contribution >= 0.6 is 0 Å². The fourth-order valence-electron chi connectivity index (χ4n) is 5.34. The van der Waals surface area contributed by atoms with Gasteiger partial charge in [-0.05, 0) is 55.5 Å². The first-order chi connectivity index (χ1) is 14.2. The molecule has 1 amide bonds. The standard InChI is InChI=1S/C23H31N5O/c1-18-4-2-5-22-16-26(12-13-27(18)22)23(29)17-25-11-8-19-14-21(7-6-20(19)15-25)28-10-3-9-24-28/h3,6-7,9-10,14,18,22H,2,4-5,8,11-13,15-17H2,1H3. The Bertz CT molecular complexity index is 864. The summed E-state index contributed by atoms with van der Waals surface area (Å²) in [4.78, 5) is 20.1. The van der Waals surface area contributed by atoms with Gasteiger partial charge in [-0.15, -0.1) is 0 Å². The van der Waals surface area contributed by atoms with E-state index in [0.717, 1.165) is 44.8 Å². The number of rotatable bonds is 3. The summed E-state index contributed by atoms with van der Waals surface area (Å²) in [6.45, 7) is 7.53. The number of aromatic nitrogens is 2. The van der Waals surface area contributed by atoms with E-state index in [0.29, 0.717) is 24.5 Å². The van der Waals surface area contributed by atoms with Gasteiger partial charge >= 0.3 is 0 Å². The van der Waals surface area contributed by atoms with Gasteiger partial charge in [0.1, 0.15) is 0 Å². The number of carbonyl (C=O) groups excluding carboxylic acids is 1. The average Bonchev–Trinajstić information content (AvgIpc) is 3.28. The van der Waals surface area contributed by atoms with Gasteiger partial charge < -0.3 is 4.90 Å². The van der Waals surface area contributed by atoms with Gasteiger partial charge in [-0.3, -0.25) is 14.6 Å². The summed E-state index contributed by atoms with van der Waals surface area (Å²) in [6.07, 6.45) is 8.62. The molecule has 6 heteroatoms. The van der Waals surface area contributed by atoms with Crippen molar-refractivity contribution in [2.75, 3.05) is 32.7 Å². The molecule has 154 valence electrons. The van der Waals surface area contributed by atoms with E-state index in [2.05, 4.69) is 44.9 Å². The lowest BCUT2D eigenvalue weighted by Gasteiger charge is -2.47. The van der Waals surface area contributed by atoms with E-state index in [1.54, 1.807) is 6.20 Å². The Labute approximate surface area is 173 Å². The molecule has 0 spiro atoms. The second-order valence-corrected chi connectivity index (χ2v) is 8.88. The minimum absolute atomic E-state index is 0.305. The van der Waals surface area contributed by atoms with Crippen LogP contribution in [0.1, 0.15) is 37.3 Å². The maximum absolute atomic E-state index is 13.0. The molecule has 1 aromatic carbocycles. The molecular formula is C23H31N5O. The lowest BCUT2D eigenvalue weighted by Crippen LogP contribution is -2.59. The molecule has 2 saturated heterocycles. The second-order valence-electron chi connectivity index (χ2n) is 8.88. The highest BCUT2D eigenvalue weighted by Crippen LogP contribution is 2.26. The Balaban J connectivity index is 1.20. The first kappa shape index (κ1) is 18.8. The molecule has 6 nitrogen and oxygen atoms in total. The molecular weight excluding hydrogens is 362 g/mol. The first-order valence-electron chi connectivity index (χ1n) is 11.0. The van der Waals surface area contributed by atoms with E-state index in [-0.39, 0.29) is 0 Å². The van der Waals surface area contributed by atoms with E-state index in [9.17, 15) is 4.79 Å². The SMILES string of the molecule is CC1CCCC2CN(C(=O)CN3CCc4cc(-n5cccn5)ccc4C3)CCN12. The number of piperazine rings is 1. The van der Waals surface area contributed by atoms with Crippen molar-refractivity contribution in [3.8, 4) is 5.69 Å². The Kier molecular flexibility index (Phi) is 5.14. The van der Waals surface area contributed by atoms with E-state index >= 15 is 0 Å². The fourth-order valence-corrected chi connectivity index (χ4v) is 5.34. The monoisotopic (exact) mass is 393 g/mol. The molecule has 0 saturated carbocycles. The van der Waals surface area contributed by atoms with E-state index in [4.69, 9.17) is 0 Å². The van der Waals surface area contributed by atoms with Crippen LogP contribution in [0.15, 0.2) is 36.7 Å². The quantitative estimate of drug-likeness (QED) is 0.803. The van der Waals surface area contributed by atoms with Gasteiger partial charge in [0.05, 0.1) is 12.2 Å². The molecule has 3 aliphatic heterocycles. The maximum atomic E-state index is 13.0. The van der Waals surface area contributed by atoms with Crippen molar-refractivity contribution in [3.63, 3.8) is 0 Å². The van der Waals surface area contributed by atoms with Gasteiger partial charge in [0.2, 0.25) is 5.91 Å². The molecule has 5 rings (SSSR count). The summed E-state index contributed by atoms with van der Waals surface area (Å²) >= 11 is 0. The minimum Gasteiger partial charge on any atom is -0.339 e. The number of nitrogens with zero attached hydrogens (tertiary/aromatic N) is 5. The van der Waals surface area contributed by atoms with Crippen LogP contribution in [-0.4, -0.2) is 75.2 Å². The third-order valence-electron chi connectivity index (χ3n) is 7.02.